The van der Waals surface area contributed by atoms with Gasteiger partial charge < -0.3 is 20.4 Å². The van der Waals surface area contributed by atoms with Gasteiger partial charge in [-0.2, -0.15) is 0 Å². The third-order valence-electron chi connectivity index (χ3n) is 4.37. The van der Waals surface area contributed by atoms with Gasteiger partial charge in [-0.05, 0) is 23.3 Å². The van der Waals surface area contributed by atoms with Crippen molar-refractivity contribution < 1.29 is 15.1 Å². The van der Waals surface area contributed by atoms with Crippen molar-refractivity contribution in [2.45, 2.75) is 13.2 Å². The van der Waals surface area contributed by atoms with Crippen LogP contribution in [-0.2, 0) is 13.2 Å². The number of hydrogen-bond acceptors (Lipinski definition) is 7. The van der Waals surface area contributed by atoms with E-state index in [2.05, 4.69) is 15.3 Å². The number of aromatic nitrogens is 3. The average Bonchev–Trinajstić information content (AvgIpc) is 2.74. The van der Waals surface area contributed by atoms with E-state index in [0.29, 0.717) is 23.3 Å². The fraction of sp³-hybridized carbons (Fsp3) is 0.0952. The van der Waals surface area contributed by atoms with Gasteiger partial charge in [0.2, 0.25) is 0 Å². The van der Waals surface area contributed by atoms with Gasteiger partial charge in [0.15, 0.2) is 17.1 Å². The lowest BCUT2D eigenvalue weighted by Gasteiger charge is -2.14. The number of hydrogen-bond donors (Lipinski definition) is 3. The van der Waals surface area contributed by atoms with Crippen LogP contribution >= 0.6 is 0 Å². The van der Waals surface area contributed by atoms with Crippen LogP contribution in [0.15, 0.2) is 71.9 Å². The van der Waals surface area contributed by atoms with Crippen molar-refractivity contribution >= 4 is 16.7 Å². The lowest BCUT2D eigenvalue weighted by Crippen LogP contribution is -2.27. The largest absolute Gasteiger partial charge is 0.504 e. The van der Waals surface area contributed by atoms with Gasteiger partial charge in [0.05, 0.1) is 11.1 Å². The third kappa shape index (κ3) is 3.96. The van der Waals surface area contributed by atoms with Gasteiger partial charge in [0.25, 0.3) is 5.56 Å². The number of benzene rings is 2. The molecule has 4 rings (SSSR count). The van der Waals surface area contributed by atoms with Gasteiger partial charge in [-0.3, -0.25) is 4.79 Å². The van der Waals surface area contributed by atoms with Crippen LogP contribution < -0.4 is 15.7 Å². The van der Waals surface area contributed by atoms with Crippen molar-refractivity contribution in [3.8, 4) is 11.5 Å². The fourth-order valence-electron chi connectivity index (χ4n) is 2.90. The molecule has 0 saturated heterocycles. The van der Waals surface area contributed by atoms with Crippen LogP contribution in [0.25, 0.3) is 11.0 Å². The minimum absolute atomic E-state index is 0.189. The number of phenolic OH excluding ortho intramolecular Hbond substituents is 2. The second-order valence-electron chi connectivity index (χ2n) is 6.39. The van der Waals surface area contributed by atoms with Crippen LogP contribution in [0.4, 0.5) is 5.69 Å². The highest BCUT2D eigenvalue weighted by atomic mass is 16.7. The Morgan fingerprint density at radius 2 is 1.83 bits per heavy atom. The molecule has 3 N–H and O–H groups in total. The second-order valence-corrected chi connectivity index (χ2v) is 6.39. The van der Waals surface area contributed by atoms with Crippen LogP contribution in [0, 0.1) is 0 Å². The van der Waals surface area contributed by atoms with Gasteiger partial charge in [-0.25, -0.2) is 9.97 Å². The number of phenols is 2. The highest BCUT2D eigenvalue weighted by molar-refractivity contribution is 5.87. The topological polar surface area (TPSA) is 110 Å². The Balaban J connectivity index is 1.62. The summed E-state index contributed by atoms with van der Waals surface area (Å²) in [6, 6.07) is 15.5. The van der Waals surface area contributed by atoms with Crippen LogP contribution in [0.3, 0.4) is 0 Å². The van der Waals surface area contributed by atoms with Gasteiger partial charge in [0, 0.05) is 18.8 Å². The summed E-state index contributed by atoms with van der Waals surface area (Å²) in [5.41, 5.74) is 2.17. The lowest BCUT2D eigenvalue weighted by atomic mass is 10.2. The number of pyridine rings is 1. The lowest BCUT2D eigenvalue weighted by molar-refractivity contribution is 0.0980. The molecule has 0 aliphatic rings. The van der Waals surface area contributed by atoms with Crippen LogP contribution in [0.2, 0.25) is 0 Å². The van der Waals surface area contributed by atoms with Gasteiger partial charge >= 0.3 is 0 Å². The first-order valence-electron chi connectivity index (χ1n) is 8.89. The molecule has 0 unspecified atom stereocenters. The van der Waals surface area contributed by atoms with E-state index in [1.807, 2.05) is 30.3 Å². The Labute approximate surface area is 165 Å². The normalized spacial score (nSPS) is 10.8. The Kier molecular flexibility index (Phi) is 4.98. The number of rotatable bonds is 6. The van der Waals surface area contributed by atoms with Crippen molar-refractivity contribution in [1.82, 2.24) is 14.7 Å². The summed E-state index contributed by atoms with van der Waals surface area (Å²) in [6.45, 7) is 0.547. The average molecular weight is 390 g/mol. The van der Waals surface area contributed by atoms with Crippen molar-refractivity contribution in [1.29, 1.82) is 0 Å². The molecule has 0 saturated carbocycles. The predicted octanol–water partition coefficient (Wildman–Crippen LogP) is 2.44. The van der Waals surface area contributed by atoms with Gasteiger partial charge in [-0.15, -0.1) is 4.73 Å². The van der Waals surface area contributed by atoms with E-state index in [1.165, 1.54) is 24.5 Å². The molecule has 0 bridgehead atoms. The van der Waals surface area contributed by atoms with Crippen molar-refractivity contribution in [3.63, 3.8) is 0 Å². The zero-order chi connectivity index (χ0) is 20.2. The van der Waals surface area contributed by atoms with Crippen molar-refractivity contribution in [2.75, 3.05) is 5.32 Å². The Morgan fingerprint density at radius 3 is 2.62 bits per heavy atom. The number of fused-ring (bicyclic) bond motifs is 1. The fourth-order valence-corrected chi connectivity index (χ4v) is 2.90. The number of aromatic hydroxyl groups is 2. The molecule has 0 spiro atoms. The third-order valence-corrected chi connectivity index (χ3v) is 4.37. The molecule has 4 aromatic rings. The molecular formula is C21H18N4O4. The summed E-state index contributed by atoms with van der Waals surface area (Å²) in [5, 5.41) is 22.8. The monoisotopic (exact) mass is 390 g/mol. The number of anilines is 1. The molecule has 2 aromatic heterocycles. The highest BCUT2D eigenvalue weighted by Crippen LogP contribution is 2.26. The summed E-state index contributed by atoms with van der Waals surface area (Å²) in [5.74, 6) is -0.395. The molecule has 0 atom stereocenters. The summed E-state index contributed by atoms with van der Waals surface area (Å²) >= 11 is 0. The van der Waals surface area contributed by atoms with Crippen LogP contribution in [0.5, 0.6) is 11.5 Å². The van der Waals surface area contributed by atoms with E-state index in [1.54, 1.807) is 12.3 Å². The SMILES string of the molecule is O=c1cc(NCc2ccc(O)c(O)c2)c2cncnc2n1OCc1ccccc1. The minimum Gasteiger partial charge on any atom is -0.504 e. The molecule has 0 aliphatic carbocycles. The predicted molar refractivity (Wildman–Crippen MR) is 108 cm³/mol. The first-order chi connectivity index (χ1) is 14.1. The Bertz CT molecular complexity index is 1210. The molecule has 0 radical (unpaired) electrons. The van der Waals surface area contributed by atoms with Crippen LogP contribution in [-0.4, -0.2) is 24.9 Å². The van der Waals surface area contributed by atoms with E-state index in [0.717, 1.165) is 15.9 Å². The maximum Gasteiger partial charge on any atom is 0.287 e. The maximum atomic E-state index is 12.6. The molecule has 8 heteroatoms. The van der Waals surface area contributed by atoms with E-state index >= 15 is 0 Å². The smallest absolute Gasteiger partial charge is 0.287 e. The zero-order valence-corrected chi connectivity index (χ0v) is 15.3. The summed E-state index contributed by atoms with van der Waals surface area (Å²) in [4.78, 5) is 26.6. The first-order valence-corrected chi connectivity index (χ1v) is 8.89. The standard InChI is InChI=1S/C21H18N4O4/c26-18-7-6-15(8-19(18)27)10-23-17-9-20(28)25(21-16(17)11-22-13-24-21)29-12-14-4-2-1-3-5-14/h1-9,11,13,23,26-27H,10,12H2. The molecule has 0 fully saturated rings. The summed E-state index contributed by atoms with van der Waals surface area (Å²) < 4.78 is 1.15. The van der Waals surface area contributed by atoms with E-state index in [4.69, 9.17) is 4.84 Å². The van der Waals surface area contributed by atoms with E-state index < -0.39 is 0 Å². The highest BCUT2D eigenvalue weighted by Gasteiger charge is 2.12. The van der Waals surface area contributed by atoms with Crippen LogP contribution in [0.1, 0.15) is 11.1 Å². The van der Waals surface area contributed by atoms with Crippen molar-refractivity contribution in [3.05, 3.63) is 88.6 Å². The molecule has 0 amide bonds. The molecule has 8 nitrogen and oxygen atoms in total. The van der Waals surface area contributed by atoms with Crippen molar-refractivity contribution in [2.24, 2.45) is 0 Å². The first kappa shape index (κ1) is 18.3. The second kappa shape index (κ2) is 7.89. The van der Waals surface area contributed by atoms with Gasteiger partial charge in [0.1, 0.15) is 12.9 Å². The molecule has 146 valence electrons. The van der Waals surface area contributed by atoms with E-state index in [9.17, 15) is 15.0 Å². The minimum atomic E-state index is -0.372. The number of nitrogens with zero attached hydrogens (tertiary/aromatic N) is 3. The molecule has 0 aliphatic heterocycles. The maximum absolute atomic E-state index is 12.6. The number of nitrogens with one attached hydrogen (secondary N) is 1. The zero-order valence-electron chi connectivity index (χ0n) is 15.3. The summed E-state index contributed by atoms with van der Waals surface area (Å²) in [6.07, 6.45) is 2.95. The molecule has 2 heterocycles. The quantitative estimate of drug-likeness (QED) is 0.434. The molecule has 29 heavy (non-hydrogen) atoms. The Morgan fingerprint density at radius 1 is 1.00 bits per heavy atom. The summed E-state index contributed by atoms with van der Waals surface area (Å²) in [7, 11) is 0. The van der Waals surface area contributed by atoms with Gasteiger partial charge in [-0.1, -0.05) is 36.4 Å². The molecule has 2 aromatic carbocycles. The van der Waals surface area contributed by atoms with E-state index in [-0.39, 0.29) is 23.7 Å². The molecular weight excluding hydrogens is 372 g/mol. The Hall–Kier alpha value is -4.07.